The van der Waals surface area contributed by atoms with E-state index in [9.17, 15) is 4.79 Å². The highest BCUT2D eigenvalue weighted by molar-refractivity contribution is 6.30. The number of carbonyl (C=O) groups excluding carboxylic acids is 1. The Morgan fingerprint density at radius 3 is 2.67 bits per heavy atom. The first-order valence-electron chi connectivity index (χ1n) is 12.4. The molecule has 1 spiro atoms. The summed E-state index contributed by atoms with van der Waals surface area (Å²) < 4.78 is 13.8. The lowest BCUT2D eigenvalue weighted by atomic mass is 9.85. The Bertz CT molecular complexity index is 1210. The smallest absolute Gasteiger partial charge is 0.257 e. The second kappa shape index (κ2) is 10.2. The topological polar surface area (TPSA) is 59.8 Å². The third-order valence-electron chi connectivity index (χ3n) is 7.23. The third kappa shape index (κ3) is 4.88. The molecule has 3 heterocycles. The maximum Gasteiger partial charge on any atom is 0.257 e. The first-order chi connectivity index (χ1) is 17.4. The fraction of sp³-hybridized carbons (Fsp3) is 0.429. The molecule has 36 heavy (non-hydrogen) atoms. The molecule has 0 N–H and O–H groups in total. The number of hydrogen-bond acceptors (Lipinski definition) is 5. The third-order valence-corrected chi connectivity index (χ3v) is 7.47. The van der Waals surface area contributed by atoms with Gasteiger partial charge in [-0.25, -0.2) is 4.98 Å². The number of halogens is 1. The molecule has 0 radical (unpaired) electrons. The lowest BCUT2D eigenvalue weighted by Gasteiger charge is -2.42. The highest BCUT2D eigenvalue weighted by Crippen LogP contribution is 2.42. The van der Waals surface area contributed by atoms with Crippen LogP contribution in [0.3, 0.4) is 0 Å². The molecule has 190 valence electrons. The van der Waals surface area contributed by atoms with E-state index in [0.717, 1.165) is 22.6 Å². The second-order valence-corrected chi connectivity index (χ2v) is 10.4. The van der Waals surface area contributed by atoms with Gasteiger partial charge < -0.3 is 18.9 Å². The van der Waals surface area contributed by atoms with Gasteiger partial charge in [0.1, 0.15) is 5.75 Å². The molecule has 2 saturated heterocycles. The summed E-state index contributed by atoms with van der Waals surface area (Å²) in [6, 6.07) is 16.1. The molecular weight excluding hydrogens is 476 g/mol. The van der Waals surface area contributed by atoms with Gasteiger partial charge in [-0.1, -0.05) is 35.9 Å². The maximum atomic E-state index is 14.1. The van der Waals surface area contributed by atoms with Crippen molar-refractivity contribution < 1.29 is 14.3 Å². The molecule has 0 bridgehead atoms. The van der Waals surface area contributed by atoms with Crippen LogP contribution in [0.15, 0.2) is 61.1 Å². The van der Waals surface area contributed by atoms with Crippen LogP contribution in [0.1, 0.15) is 42.6 Å². The van der Waals surface area contributed by atoms with Gasteiger partial charge in [0.2, 0.25) is 0 Å². The predicted octanol–water partition coefficient (Wildman–Crippen LogP) is 4.52. The number of imidazole rings is 1. The number of carbonyl (C=O) groups is 1. The Kier molecular flexibility index (Phi) is 7.06. The Labute approximate surface area is 217 Å². The lowest BCUT2D eigenvalue weighted by molar-refractivity contribution is -0.173. The van der Waals surface area contributed by atoms with E-state index >= 15 is 0 Å². The quantitative estimate of drug-likeness (QED) is 0.469. The van der Waals surface area contributed by atoms with Crippen LogP contribution in [0, 0.1) is 0 Å². The van der Waals surface area contributed by atoms with E-state index in [1.165, 1.54) is 0 Å². The molecule has 2 atom stereocenters. The first-order valence-corrected chi connectivity index (χ1v) is 12.8. The number of benzene rings is 2. The molecule has 5 rings (SSSR count). The normalized spacial score (nSPS) is 22.6. The Balaban J connectivity index is 1.44. The molecule has 0 unspecified atom stereocenters. The molecule has 0 aliphatic carbocycles. The number of aromatic nitrogens is 2. The zero-order chi connectivity index (χ0) is 25.3. The van der Waals surface area contributed by atoms with Crippen LogP contribution in [-0.2, 0) is 22.6 Å². The van der Waals surface area contributed by atoms with Crippen LogP contribution in [0.25, 0.3) is 0 Å². The monoisotopic (exact) mass is 508 g/mol. The summed E-state index contributed by atoms with van der Waals surface area (Å²) in [5, 5.41) is 0.712. The number of amides is 1. The summed E-state index contributed by atoms with van der Waals surface area (Å²) in [6.07, 6.45) is 3.93. The fourth-order valence-corrected chi connectivity index (χ4v) is 5.52. The zero-order valence-electron chi connectivity index (χ0n) is 21.1. The Hall–Kier alpha value is -2.87. The number of likely N-dealkylation sites (tertiary alicyclic amines) is 1. The minimum Gasteiger partial charge on any atom is -0.497 e. The summed E-state index contributed by atoms with van der Waals surface area (Å²) in [7, 11) is 1.65. The van der Waals surface area contributed by atoms with Crippen molar-refractivity contribution in [3.05, 3.63) is 82.9 Å². The van der Waals surface area contributed by atoms with E-state index < -0.39 is 5.60 Å². The molecule has 2 fully saturated rings. The lowest BCUT2D eigenvalue weighted by Crippen LogP contribution is -2.60. The molecule has 7 nitrogen and oxygen atoms in total. The molecule has 2 aliphatic rings. The van der Waals surface area contributed by atoms with Gasteiger partial charge in [0.15, 0.2) is 5.60 Å². The van der Waals surface area contributed by atoms with Gasteiger partial charge in [-0.3, -0.25) is 9.69 Å². The summed E-state index contributed by atoms with van der Waals surface area (Å²) in [6.45, 7) is 7.73. The summed E-state index contributed by atoms with van der Waals surface area (Å²) >= 11 is 6.24. The van der Waals surface area contributed by atoms with Crippen LogP contribution in [0.5, 0.6) is 5.75 Å². The van der Waals surface area contributed by atoms with Crippen molar-refractivity contribution >= 4 is 17.5 Å². The molecule has 2 aliphatic heterocycles. The first kappa shape index (κ1) is 24.8. The highest BCUT2D eigenvalue weighted by atomic mass is 35.5. The number of ether oxygens (including phenoxy) is 2. The molecule has 0 saturated carbocycles. The zero-order valence-corrected chi connectivity index (χ0v) is 21.8. The Morgan fingerprint density at radius 1 is 1.17 bits per heavy atom. The molecular formula is C28H33ClN4O3. The van der Waals surface area contributed by atoms with E-state index in [4.69, 9.17) is 26.1 Å². The van der Waals surface area contributed by atoms with E-state index in [1.807, 2.05) is 53.7 Å². The van der Waals surface area contributed by atoms with Crippen molar-refractivity contribution in [3.63, 3.8) is 0 Å². The van der Waals surface area contributed by atoms with Crippen molar-refractivity contribution in [3.8, 4) is 5.75 Å². The standard InChI is InChI=1S/C28H33ClN4O3/c1-20(2)33-17-26(30-19-33)25-16-31(14-22-5-4-6-23(29)13-22)18-28(25)27(34)32(11-12-36-28)15-21-7-9-24(35-3)10-8-21/h4-10,13,17,19-20,25H,11-12,14-16,18H2,1-3H3/t25-,28+/m1/s1. The second-order valence-electron chi connectivity index (χ2n) is 10.0. The molecule has 1 amide bonds. The predicted molar refractivity (Wildman–Crippen MR) is 139 cm³/mol. The van der Waals surface area contributed by atoms with Crippen LogP contribution in [-0.4, -0.2) is 64.2 Å². The van der Waals surface area contributed by atoms with Crippen molar-refractivity contribution in [1.29, 1.82) is 0 Å². The highest BCUT2D eigenvalue weighted by Gasteiger charge is 2.57. The molecule has 3 aromatic rings. The fourth-order valence-electron chi connectivity index (χ4n) is 5.31. The van der Waals surface area contributed by atoms with Gasteiger partial charge in [0.05, 0.1) is 31.7 Å². The van der Waals surface area contributed by atoms with Crippen molar-refractivity contribution in [2.45, 2.75) is 44.5 Å². The number of morpholine rings is 1. The minimum atomic E-state index is -0.973. The van der Waals surface area contributed by atoms with Gasteiger partial charge >= 0.3 is 0 Å². The molecule has 8 heteroatoms. The van der Waals surface area contributed by atoms with Crippen LogP contribution in [0.2, 0.25) is 5.02 Å². The molecule has 2 aromatic carbocycles. The van der Waals surface area contributed by atoms with E-state index in [-0.39, 0.29) is 11.8 Å². The average Bonchev–Trinajstić information content (AvgIpc) is 3.48. The van der Waals surface area contributed by atoms with Gasteiger partial charge in [0.25, 0.3) is 5.91 Å². The van der Waals surface area contributed by atoms with Crippen LogP contribution < -0.4 is 4.74 Å². The van der Waals surface area contributed by atoms with Gasteiger partial charge in [0, 0.05) is 50.0 Å². The number of rotatable bonds is 7. The van der Waals surface area contributed by atoms with E-state index in [0.29, 0.717) is 50.4 Å². The number of methoxy groups -OCH3 is 1. The molecule has 1 aromatic heterocycles. The summed E-state index contributed by atoms with van der Waals surface area (Å²) in [5.41, 5.74) is 2.11. The maximum absolute atomic E-state index is 14.1. The SMILES string of the molecule is COc1ccc(CN2CCO[C@]3(CN(Cc4cccc(Cl)c4)C[C@@H]3c3cn(C(C)C)cn3)C2=O)cc1. The van der Waals surface area contributed by atoms with Crippen molar-refractivity contribution in [1.82, 2.24) is 19.4 Å². The van der Waals surface area contributed by atoms with E-state index in [1.54, 1.807) is 7.11 Å². The number of nitrogens with zero attached hydrogens (tertiary/aromatic N) is 4. The van der Waals surface area contributed by atoms with Gasteiger partial charge in [-0.05, 0) is 49.2 Å². The van der Waals surface area contributed by atoms with Crippen molar-refractivity contribution in [2.75, 3.05) is 33.4 Å². The average molecular weight is 509 g/mol. The largest absolute Gasteiger partial charge is 0.497 e. The number of hydrogen-bond donors (Lipinski definition) is 0. The summed E-state index contributed by atoms with van der Waals surface area (Å²) in [5.74, 6) is 0.668. The summed E-state index contributed by atoms with van der Waals surface area (Å²) in [4.78, 5) is 23.1. The van der Waals surface area contributed by atoms with Crippen molar-refractivity contribution in [2.24, 2.45) is 0 Å². The van der Waals surface area contributed by atoms with Crippen LogP contribution >= 0.6 is 11.6 Å². The minimum absolute atomic E-state index is 0.0299. The van der Waals surface area contributed by atoms with E-state index in [2.05, 4.69) is 35.6 Å². The van der Waals surface area contributed by atoms with Gasteiger partial charge in [-0.15, -0.1) is 0 Å². The Morgan fingerprint density at radius 2 is 1.97 bits per heavy atom. The van der Waals surface area contributed by atoms with Crippen LogP contribution in [0.4, 0.5) is 0 Å². The van der Waals surface area contributed by atoms with Gasteiger partial charge in [-0.2, -0.15) is 0 Å².